The Hall–Kier alpha value is -2.43. The fourth-order valence-electron chi connectivity index (χ4n) is 4.33. The summed E-state index contributed by atoms with van der Waals surface area (Å²) < 4.78 is 63.3. The van der Waals surface area contributed by atoms with Gasteiger partial charge in [-0.25, -0.2) is 13.2 Å². The van der Waals surface area contributed by atoms with Crippen LogP contribution in [0.2, 0.25) is 0 Å². The van der Waals surface area contributed by atoms with Crippen LogP contribution in [0, 0.1) is 0 Å². The highest BCUT2D eigenvalue weighted by atomic mass is 32.2. The summed E-state index contributed by atoms with van der Waals surface area (Å²) >= 11 is 0. The van der Waals surface area contributed by atoms with Gasteiger partial charge in [-0.1, -0.05) is 19.3 Å². The number of carbonyl (C=O) groups is 2. The van der Waals surface area contributed by atoms with E-state index in [0.29, 0.717) is 6.42 Å². The molecule has 1 unspecified atom stereocenters. The van der Waals surface area contributed by atoms with Gasteiger partial charge < -0.3 is 19.1 Å². The Bertz CT molecular complexity index is 932. The Kier molecular flexibility index (Phi) is 7.91. The van der Waals surface area contributed by atoms with Gasteiger partial charge in [-0.3, -0.25) is 4.79 Å². The topological polar surface area (TPSA) is 99.2 Å². The van der Waals surface area contributed by atoms with E-state index in [4.69, 9.17) is 9.47 Å². The van der Waals surface area contributed by atoms with Crippen LogP contribution >= 0.6 is 0 Å². The lowest BCUT2D eigenvalue weighted by molar-refractivity contribution is -0.140. The molecule has 1 saturated heterocycles. The molecule has 2 fully saturated rings. The number of hydrogen-bond acceptors (Lipinski definition) is 7. The lowest BCUT2D eigenvalue weighted by atomic mass is 9.93. The van der Waals surface area contributed by atoms with E-state index in [-0.39, 0.29) is 34.6 Å². The number of esters is 1. The highest BCUT2D eigenvalue weighted by Crippen LogP contribution is 2.30. The first-order chi connectivity index (χ1) is 15.2. The maximum atomic E-state index is 13.0. The van der Waals surface area contributed by atoms with Gasteiger partial charge in [-0.2, -0.15) is 8.78 Å². The second kappa shape index (κ2) is 10.5. The Morgan fingerprint density at radius 3 is 2.41 bits per heavy atom. The normalized spacial score (nSPS) is 20.7. The average Bonchev–Trinajstić information content (AvgIpc) is 3.11. The molecule has 1 saturated carbocycles. The molecule has 1 atom stereocenters. The zero-order valence-corrected chi connectivity index (χ0v) is 18.6. The van der Waals surface area contributed by atoms with Crippen molar-refractivity contribution in [1.82, 2.24) is 4.90 Å². The van der Waals surface area contributed by atoms with Crippen LogP contribution in [0.4, 0.5) is 8.78 Å². The quantitative estimate of drug-likeness (QED) is 0.533. The van der Waals surface area contributed by atoms with Crippen LogP contribution in [0.5, 0.6) is 11.5 Å². The average molecular weight is 476 g/mol. The molecule has 0 bridgehead atoms. The van der Waals surface area contributed by atoms with Crippen molar-refractivity contribution in [3.8, 4) is 11.5 Å². The van der Waals surface area contributed by atoms with Crippen molar-refractivity contribution in [1.29, 1.82) is 0 Å². The Morgan fingerprint density at radius 2 is 1.81 bits per heavy atom. The van der Waals surface area contributed by atoms with Gasteiger partial charge in [0.05, 0.1) is 24.2 Å². The standard InChI is InChI=1S/C21H27F2NO7S/c1-29-18-11-14(7-8-17(18)31-21(22)23)20(26)30-12-19(25)24(15-5-3-2-4-6-15)16-9-10-32(27,28)13-16/h7-8,11,15-16,21H,2-6,9-10,12-13H2,1H3. The predicted molar refractivity (Wildman–Crippen MR) is 111 cm³/mol. The number of alkyl halides is 2. The maximum absolute atomic E-state index is 13.0. The fraction of sp³-hybridized carbons (Fsp3) is 0.619. The van der Waals surface area contributed by atoms with Crippen molar-refractivity contribution in [3.63, 3.8) is 0 Å². The van der Waals surface area contributed by atoms with Crippen LogP contribution in [-0.4, -0.2) is 69.1 Å². The summed E-state index contributed by atoms with van der Waals surface area (Å²) in [5.74, 6) is -1.61. The first-order valence-corrected chi connectivity index (χ1v) is 12.3. The molecule has 1 amide bonds. The summed E-state index contributed by atoms with van der Waals surface area (Å²) in [6.07, 6.45) is 4.95. The molecule has 32 heavy (non-hydrogen) atoms. The fourth-order valence-corrected chi connectivity index (χ4v) is 6.04. The first-order valence-electron chi connectivity index (χ1n) is 10.5. The predicted octanol–water partition coefficient (Wildman–Crippen LogP) is 2.80. The minimum atomic E-state index is -3.19. The highest BCUT2D eigenvalue weighted by molar-refractivity contribution is 7.91. The number of hydrogen-bond donors (Lipinski definition) is 0. The largest absolute Gasteiger partial charge is 0.493 e. The van der Waals surface area contributed by atoms with E-state index in [2.05, 4.69) is 4.74 Å². The number of rotatable bonds is 8. The van der Waals surface area contributed by atoms with Crippen LogP contribution < -0.4 is 9.47 Å². The van der Waals surface area contributed by atoms with Crippen molar-refractivity contribution in [2.24, 2.45) is 0 Å². The van der Waals surface area contributed by atoms with Gasteiger partial charge in [-0.05, 0) is 37.5 Å². The van der Waals surface area contributed by atoms with Gasteiger partial charge in [0.15, 0.2) is 27.9 Å². The molecule has 1 aliphatic carbocycles. The van der Waals surface area contributed by atoms with Crippen LogP contribution in [0.15, 0.2) is 18.2 Å². The molecular weight excluding hydrogens is 448 g/mol. The molecule has 1 aromatic carbocycles. The highest BCUT2D eigenvalue weighted by Gasteiger charge is 2.38. The van der Waals surface area contributed by atoms with Crippen LogP contribution in [0.3, 0.4) is 0 Å². The molecule has 2 aliphatic rings. The van der Waals surface area contributed by atoms with Gasteiger partial charge >= 0.3 is 12.6 Å². The molecule has 1 heterocycles. The van der Waals surface area contributed by atoms with Gasteiger partial charge in [-0.15, -0.1) is 0 Å². The number of amides is 1. The minimum Gasteiger partial charge on any atom is -0.493 e. The molecule has 0 aromatic heterocycles. The molecule has 1 aromatic rings. The molecular formula is C21H27F2NO7S. The minimum absolute atomic E-state index is 0.00364. The first kappa shape index (κ1) is 24.2. The summed E-state index contributed by atoms with van der Waals surface area (Å²) in [7, 11) is -1.95. The summed E-state index contributed by atoms with van der Waals surface area (Å²) in [5.41, 5.74) is 0.00364. The Labute approximate surface area is 185 Å². The molecule has 11 heteroatoms. The van der Waals surface area contributed by atoms with Gasteiger partial charge in [0.2, 0.25) is 0 Å². The van der Waals surface area contributed by atoms with E-state index >= 15 is 0 Å². The van der Waals surface area contributed by atoms with Gasteiger partial charge in [0.1, 0.15) is 0 Å². The maximum Gasteiger partial charge on any atom is 0.387 e. The van der Waals surface area contributed by atoms with Crippen molar-refractivity contribution in [3.05, 3.63) is 23.8 Å². The van der Waals surface area contributed by atoms with E-state index in [9.17, 15) is 26.8 Å². The number of halogens is 2. The van der Waals surface area contributed by atoms with E-state index < -0.39 is 41.0 Å². The summed E-state index contributed by atoms with van der Waals surface area (Å²) in [6, 6.07) is 3.09. The van der Waals surface area contributed by atoms with E-state index in [1.807, 2.05) is 0 Å². The Balaban J connectivity index is 1.68. The molecule has 0 radical (unpaired) electrons. The van der Waals surface area contributed by atoms with E-state index in [1.165, 1.54) is 19.2 Å². The number of ether oxygens (including phenoxy) is 3. The second-order valence-electron chi connectivity index (χ2n) is 7.97. The number of sulfone groups is 1. The SMILES string of the molecule is COc1cc(C(=O)OCC(=O)N(C2CCCCC2)C2CCS(=O)(=O)C2)ccc1OC(F)F. The second-order valence-corrected chi connectivity index (χ2v) is 10.2. The zero-order chi connectivity index (χ0) is 23.3. The molecule has 0 N–H and O–H groups in total. The van der Waals surface area contributed by atoms with Crippen LogP contribution in [-0.2, 0) is 19.4 Å². The van der Waals surface area contributed by atoms with Gasteiger partial charge in [0.25, 0.3) is 5.91 Å². The molecule has 8 nitrogen and oxygen atoms in total. The van der Waals surface area contributed by atoms with Crippen molar-refractivity contribution < 1.29 is 41.0 Å². The van der Waals surface area contributed by atoms with Crippen LogP contribution in [0.25, 0.3) is 0 Å². The molecule has 3 rings (SSSR count). The summed E-state index contributed by atoms with van der Waals surface area (Å²) in [4.78, 5) is 27.0. The van der Waals surface area contributed by atoms with E-state index in [0.717, 1.165) is 38.2 Å². The Morgan fingerprint density at radius 1 is 1.09 bits per heavy atom. The van der Waals surface area contributed by atoms with Crippen molar-refractivity contribution >= 4 is 21.7 Å². The third-order valence-corrected chi connectivity index (χ3v) is 7.55. The molecule has 178 valence electrons. The third-order valence-electron chi connectivity index (χ3n) is 5.80. The third kappa shape index (κ3) is 6.08. The number of benzene rings is 1. The number of methoxy groups -OCH3 is 1. The van der Waals surface area contributed by atoms with Gasteiger partial charge in [0, 0.05) is 12.1 Å². The van der Waals surface area contributed by atoms with Crippen molar-refractivity contribution in [2.75, 3.05) is 25.2 Å². The number of nitrogens with zero attached hydrogens (tertiary/aromatic N) is 1. The summed E-state index contributed by atoms with van der Waals surface area (Å²) in [5, 5.41) is 0. The molecule has 0 spiro atoms. The number of carbonyl (C=O) groups excluding carboxylic acids is 2. The van der Waals surface area contributed by atoms with Crippen LogP contribution in [0.1, 0.15) is 48.9 Å². The smallest absolute Gasteiger partial charge is 0.387 e. The zero-order valence-electron chi connectivity index (χ0n) is 17.8. The summed E-state index contributed by atoms with van der Waals surface area (Å²) in [6.45, 7) is -3.59. The lowest BCUT2D eigenvalue weighted by Gasteiger charge is -2.38. The lowest BCUT2D eigenvalue weighted by Crippen LogP contribution is -2.50. The molecule has 1 aliphatic heterocycles. The monoisotopic (exact) mass is 475 g/mol. The van der Waals surface area contributed by atoms with E-state index in [1.54, 1.807) is 4.90 Å². The van der Waals surface area contributed by atoms with Crippen molar-refractivity contribution in [2.45, 2.75) is 57.2 Å².